The minimum absolute atomic E-state index is 0.246. The van der Waals surface area contributed by atoms with Crippen LogP contribution in [0.25, 0.3) is 16.6 Å². The first-order valence-electron chi connectivity index (χ1n) is 12.3. The van der Waals surface area contributed by atoms with E-state index in [1.165, 1.54) is 18.4 Å². The number of ether oxygens (including phenoxy) is 1. The Morgan fingerprint density at radius 1 is 0.943 bits per heavy atom. The van der Waals surface area contributed by atoms with E-state index in [0.717, 1.165) is 46.9 Å². The molecule has 3 aromatic heterocycles. The molecule has 1 unspecified atom stereocenters. The maximum Gasteiger partial charge on any atom is 0.410 e. The minimum Gasteiger partial charge on any atom is -0.442 e. The summed E-state index contributed by atoms with van der Waals surface area (Å²) in [5, 5.41) is 8.83. The summed E-state index contributed by atoms with van der Waals surface area (Å²) in [6.45, 7) is 4.67. The summed E-state index contributed by atoms with van der Waals surface area (Å²) >= 11 is 0. The number of nitrogens with zero attached hydrogens (tertiary/aromatic N) is 6. The van der Waals surface area contributed by atoms with E-state index in [1.54, 1.807) is 9.58 Å². The van der Waals surface area contributed by atoms with Gasteiger partial charge in [-0.15, -0.1) is 0 Å². The summed E-state index contributed by atoms with van der Waals surface area (Å²) in [6.07, 6.45) is 9.86. The Kier molecular flexibility index (Phi) is 5.43. The Morgan fingerprint density at radius 3 is 2.40 bits per heavy atom. The van der Waals surface area contributed by atoms with E-state index in [-0.39, 0.29) is 12.2 Å². The number of fused-ring (bicyclic) bond motifs is 1. The number of piperazine rings is 1. The molecule has 0 N–H and O–H groups in total. The van der Waals surface area contributed by atoms with Gasteiger partial charge in [-0.05, 0) is 42.9 Å². The van der Waals surface area contributed by atoms with Gasteiger partial charge in [-0.3, -0.25) is 4.68 Å². The van der Waals surface area contributed by atoms with Crippen molar-refractivity contribution in [3.05, 3.63) is 72.3 Å². The lowest BCUT2D eigenvalue weighted by atomic mass is 10.1. The number of hydrogen-bond donors (Lipinski definition) is 0. The molecule has 0 bridgehead atoms. The molecule has 180 valence electrons. The summed E-state index contributed by atoms with van der Waals surface area (Å²) in [5.74, 6) is 0.731. The fraction of sp³-hybridized carbons (Fsp3) is 0.370. The van der Waals surface area contributed by atoms with Crippen LogP contribution in [0.1, 0.15) is 42.9 Å². The molecular weight excluding hydrogens is 440 g/mol. The molecule has 8 heteroatoms. The topological polar surface area (TPSA) is 67.9 Å². The Morgan fingerprint density at radius 2 is 1.71 bits per heavy atom. The molecule has 1 aliphatic heterocycles. The number of aromatic nitrogens is 4. The second-order valence-corrected chi connectivity index (χ2v) is 9.62. The number of pyridine rings is 1. The lowest BCUT2D eigenvalue weighted by Gasteiger charge is -2.35. The molecule has 35 heavy (non-hydrogen) atoms. The van der Waals surface area contributed by atoms with Crippen LogP contribution in [0.4, 0.5) is 10.5 Å². The van der Waals surface area contributed by atoms with Crippen LogP contribution >= 0.6 is 0 Å². The molecule has 4 heterocycles. The van der Waals surface area contributed by atoms with E-state index in [9.17, 15) is 4.79 Å². The lowest BCUT2D eigenvalue weighted by Crippen LogP contribution is -2.49. The van der Waals surface area contributed by atoms with E-state index in [4.69, 9.17) is 4.74 Å². The number of anilines is 1. The van der Waals surface area contributed by atoms with Gasteiger partial charge in [0.2, 0.25) is 0 Å². The maximum absolute atomic E-state index is 12.8. The van der Waals surface area contributed by atoms with Gasteiger partial charge in [0, 0.05) is 56.7 Å². The lowest BCUT2D eigenvalue weighted by molar-refractivity contribution is 0.0681. The molecule has 1 saturated heterocycles. The van der Waals surface area contributed by atoms with Crippen molar-refractivity contribution in [1.29, 1.82) is 0 Å². The first-order chi connectivity index (χ1) is 17.0. The highest BCUT2D eigenvalue weighted by Crippen LogP contribution is 2.40. The van der Waals surface area contributed by atoms with Crippen LogP contribution in [0.15, 0.2) is 61.2 Å². The third-order valence-electron chi connectivity index (χ3n) is 7.14. The average molecular weight is 471 g/mol. The average Bonchev–Trinajstić information content (AvgIpc) is 3.51. The highest BCUT2D eigenvalue weighted by Gasteiger charge is 2.26. The molecule has 1 atom stereocenters. The molecule has 6 rings (SSSR count). The highest BCUT2D eigenvalue weighted by atomic mass is 16.6. The smallest absolute Gasteiger partial charge is 0.410 e. The Labute approximate surface area is 204 Å². The molecule has 4 aromatic rings. The summed E-state index contributed by atoms with van der Waals surface area (Å²) in [6, 6.07) is 12.7. The van der Waals surface area contributed by atoms with E-state index in [1.807, 2.05) is 43.3 Å². The van der Waals surface area contributed by atoms with Crippen LogP contribution < -0.4 is 4.90 Å². The maximum atomic E-state index is 12.8. The zero-order valence-corrected chi connectivity index (χ0v) is 20.2. The summed E-state index contributed by atoms with van der Waals surface area (Å²) in [5.41, 5.74) is 6.70. The van der Waals surface area contributed by atoms with Gasteiger partial charge in [0.05, 0.1) is 23.6 Å². The number of rotatable bonds is 5. The molecular formula is C27H30N6O2. The third-order valence-corrected chi connectivity index (χ3v) is 7.14. The standard InChI is InChI=1S/C27H30N6O2/c1-19(20-3-5-21(6-4-20)22-7-8-22)35-27(34)32-13-11-31(12-14-32)26-16-29-33-18-23(9-10-25(26)33)24-15-28-30(2)17-24/h3-6,9-10,15-19,22H,7-8,11-14H2,1-2H3. The fourth-order valence-corrected chi connectivity index (χ4v) is 4.83. The van der Waals surface area contributed by atoms with E-state index in [2.05, 4.69) is 51.5 Å². The van der Waals surface area contributed by atoms with Crippen molar-refractivity contribution in [2.45, 2.75) is 31.8 Å². The van der Waals surface area contributed by atoms with Crippen LogP contribution in [-0.4, -0.2) is 56.6 Å². The van der Waals surface area contributed by atoms with Gasteiger partial charge in [-0.2, -0.15) is 10.2 Å². The Balaban J connectivity index is 1.07. The zero-order valence-electron chi connectivity index (χ0n) is 20.2. The first-order valence-corrected chi connectivity index (χ1v) is 12.3. The fourth-order valence-electron chi connectivity index (χ4n) is 4.83. The van der Waals surface area contributed by atoms with Crippen molar-refractivity contribution in [2.75, 3.05) is 31.1 Å². The van der Waals surface area contributed by atoms with Crippen molar-refractivity contribution < 1.29 is 9.53 Å². The summed E-state index contributed by atoms with van der Waals surface area (Å²) in [4.78, 5) is 16.9. The van der Waals surface area contributed by atoms with Crippen molar-refractivity contribution >= 4 is 17.3 Å². The molecule has 1 aromatic carbocycles. The van der Waals surface area contributed by atoms with Crippen molar-refractivity contribution in [1.82, 2.24) is 24.3 Å². The number of carbonyl (C=O) groups is 1. The minimum atomic E-state index is -0.262. The normalized spacial score (nSPS) is 17.1. The second kappa shape index (κ2) is 8.76. The quantitative estimate of drug-likeness (QED) is 0.425. The summed E-state index contributed by atoms with van der Waals surface area (Å²) < 4.78 is 9.50. The van der Waals surface area contributed by atoms with Crippen molar-refractivity contribution in [2.24, 2.45) is 7.05 Å². The Bertz CT molecular complexity index is 1350. The van der Waals surface area contributed by atoms with Gasteiger partial charge in [-0.25, -0.2) is 9.31 Å². The van der Waals surface area contributed by atoms with Crippen LogP contribution in [0.3, 0.4) is 0 Å². The van der Waals surface area contributed by atoms with E-state index < -0.39 is 0 Å². The van der Waals surface area contributed by atoms with E-state index in [0.29, 0.717) is 13.1 Å². The van der Waals surface area contributed by atoms with Gasteiger partial charge in [0.25, 0.3) is 0 Å². The Hall–Kier alpha value is -3.81. The molecule has 0 spiro atoms. The number of carbonyl (C=O) groups excluding carboxylic acids is 1. The van der Waals surface area contributed by atoms with Gasteiger partial charge >= 0.3 is 6.09 Å². The van der Waals surface area contributed by atoms with Gasteiger partial charge < -0.3 is 14.5 Å². The predicted molar refractivity (Wildman–Crippen MR) is 134 cm³/mol. The van der Waals surface area contributed by atoms with Gasteiger partial charge in [0.1, 0.15) is 6.10 Å². The SMILES string of the molecule is CC(OC(=O)N1CCN(c2cnn3cc(-c4cnn(C)c4)ccc23)CC1)c1ccc(C2CC2)cc1. The molecule has 2 fully saturated rings. The van der Waals surface area contributed by atoms with Crippen LogP contribution in [0.5, 0.6) is 0 Å². The second-order valence-electron chi connectivity index (χ2n) is 9.62. The highest BCUT2D eigenvalue weighted by molar-refractivity contribution is 5.76. The number of aryl methyl sites for hydroxylation is 1. The number of hydrogen-bond acceptors (Lipinski definition) is 5. The van der Waals surface area contributed by atoms with Crippen LogP contribution in [-0.2, 0) is 11.8 Å². The molecule has 0 radical (unpaired) electrons. The molecule has 1 amide bonds. The molecule has 1 aliphatic carbocycles. The third kappa shape index (κ3) is 4.36. The molecule has 2 aliphatic rings. The van der Waals surface area contributed by atoms with Gasteiger partial charge in [0.15, 0.2) is 0 Å². The summed E-state index contributed by atoms with van der Waals surface area (Å²) in [7, 11) is 1.91. The zero-order chi connectivity index (χ0) is 23.9. The van der Waals surface area contributed by atoms with Crippen LogP contribution in [0.2, 0.25) is 0 Å². The van der Waals surface area contributed by atoms with Gasteiger partial charge in [-0.1, -0.05) is 30.3 Å². The molecule has 8 nitrogen and oxygen atoms in total. The van der Waals surface area contributed by atoms with Crippen molar-refractivity contribution in [3.63, 3.8) is 0 Å². The van der Waals surface area contributed by atoms with Crippen molar-refractivity contribution in [3.8, 4) is 11.1 Å². The van der Waals surface area contributed by atoms with Crippen LogP contribution in [0, 0.1) is 0 Å². The number of amides is 1. The monoisotopic (exact) mass is 470 g/mol. The van der Waals surface area contributed by atoms with E-state index >= 15 is 0 Å². The first kappa shape index (κ1) is 21.7. The number of benzene rings is 1. The largest absolute Gasteiger partial charge is 0.442 e. The molecule has 1 saturated carbocycles. The predicted octanol–water partition coefficient (Wildman–Crippen LogP) is 4.63.